The second-order valence-corrected chi connectivity index (χ2v) is 4.17. The average Bonchev–Trinajstić information content (AvgIpc) is 2.30. The van der Waals surface area contributed by atoms with Gasteiger partial charge in [-0.1, -0.05) is 29.8 Å². The molecule has 1 aromatic rings. The normalized spacial score (nSPS) is 19.2. The van der Waals surface area contributed by atoms with Crippen LogP contribution in [-0.2, 0) is 0 Å². The highest BCUT2D eigenvalue weighted by atomic mass is 35.5. The summed E-state index contributed by atoms with van der Waals surface area (Å²) in [6, 6.07) is 9.83. The standard InChI is InChI=1S/C13H11ClN2/c1-16-7-6-13(11(8-15)9-16)10-2-4-12(14)5-3-10/h2-7,9,13H,1H3. The highest BCUT2D eigenvalue weighted by molar-refractivity contribution is 6.30. The molecule has 2 nitrogen and oxygen atoms in total. The van der Waals surface area contributed by atoms with Gasteiger partial charge in [0.05, 0.1) is 11.6 Å². The molecule has 1 unspecified atom stereocenters. The Morgan fingerprint density at radius 2 is 2.00 bits per heavy atom. The molecule has 0 amide bonds. The van der Waals surface area contributed by atoms with Crippen LogP contribution < -0.4 is 0 Å². The Bertz CT molecular complexity index is 480. The molecule has 0 saturated heterocycles. The zero-order valence-electron chi connectivity index (χ0n) is 8.89. The molecular formula is C13H11ClN2. The fourth-order valence-corrected chi connectivity index (χ4v) is 1.85. The fourth-order valence-electron chi connectivity index (χ4n) is 1.73. The molecule has 80 valence electrons. The lowest BCUT2D eigenvalue weighted by atomic mass is 9.91. The van der Waals surface area contributed by atoms with Gasteiger partial charge in [-0.05, 0) is 17.7 Å². The van der Waals surface area contributed by atoms with Crippen molar-refractivity contribution in [3.63, 3.8) is 0 Å². The number of nitriles is 1. The van der Waals surface area contributed by atoms with Crippen LogP contribution in [0, 0.1) is 11.3 Å². The number of allylic oxidation sites excluding steroid dienone is 2. The molecule has 1 heterocycles. The minimum Gasteiger partial charge on any atom is -0.357 e. The third-order valence-electron chi connectivity index (χ3n) is 2.55. The van der Waals surface area contributed by atoms with Gasteiger partial charge in [-0.2, -0.15) is 5.26 Å². The van der Waals surface area contributed by atoms with E-state index in [1.54, 1.807) is 0 Å². The molecule has 1 atom stereocenters. The van der Waals surface area contributed by atoms with Gasteiger partial charge in [-0.3, -0.25) is 0 Å². The van der Waals surface area contributed by atoms with Crippen molar-refractivity contribution in [2.45, 2.75) is 5.92 Å². The predicted octanol–water partition coefficient (Wildman–Crippen LogP) is 3.29. The van der Waals surface area contributed by atoms with Crippen molar-refractivity contribution in [3.8, 4) is 6.07 Å². The van der Waals surface area contributed by atoms with E-state index in [-0.39, 0.29) is 5.92 Å². The number of halogens is 1. The van der Waals surface area contributed by atoms with Crippen molar-refractivity contribution in [1.29, 1.82) is 5.26 Å². The van der Waals surface area contributed by atoms with Crippen LogP contribution in [0.4, 0.5) is 0 Å². The first-order valence-electron chi connectivity index (χ1n) is 4.98. The summed E-state index contributed by atoms with van der Waals surface area (Å²) >= 11 is 5.84. The maximum Gasteiger partial charge on any atom is 0.0972 e. The van der Waals surface area contributed by atoms with Crippen molar-refractivity contribution < 1.29 is 0 Å². The topological polar surface area (TPSA) is 27.0 Å². The van der Waals surface area contributed by atoms with Gasteiger partial charge in [-0.25, -0.2) is 0 Å². The minimum absolute atomic E-state index is 0.0402. The van der Waals surface area contributed by atoms with Crippen LogP contribution in [0.3, 0.4) is 0 Å². The second kappa shape index (κ2) is 4.42. The highest BCUT2D eigenvalue weighted by Gasteiger charge is 2.17. The summed E-state index contributed by atoms with van der Waals surface area (Å²) in [7, 11) is 1.91. The van der Waals surface area contributed by atoms with E-state index in [1.807, 2.05) is 54.7 Å². The number of hydrogen-bond donors (Lipinski definition) is 0. The lowest BCUT2D eigenvalue weighted by Crippen LogP contribution is -2.11. The summed E-state index contributed by atoms with van der Waals surface area (Å²) in [6.07, 6.45) is 5.82. The second-order valence-electron chi connectivity index (χ2n) is 3.73. The Labute approximate surface area is 100 Å². The number of benzene rings is 1. The summed E-state index contributed by atoms with van der Waals surface area (Å²) < 4.78 is 0. The molecule has 1 aromatic carbocycles. The number of nitrogens with zero attached hydrogens (tertiary/aromatic N) is 2. The third kappa shape index (κ3) is 2.10. The lowest BCUT2D eigenvalue weighted by Gasteiger charge is -2.20. The van der Waals surface area contributed by atoms with E-state index in [0.717, 1.165) is 11.1 Å². The summed E-state index contributed by atoms with van der Waals surface area (Å²) in [4.78, 5) is 1.88. The Kier molecular flexibility index (Phi) is 2.98. The molecule has 0 fully saturated rings. The summed E-state index contributed by atoms with van der Waals surface area (Å²) in [5.74, 6) is 0.0402. The molecule has 3 heteroatoms. The molecule has 0 N–H and O–H groups in total. The van der Waals surface area contributed by atoms with E-state index in [1.165, 1.54) is 0 Å². The van der Waals surface area contributed by atoms with Crippen LogP contribution in [0.25, 0.3) is 0 Å². The number of rotatable bonds is 1. The monoisotopic (exact) mass is 230 g/mol. The van der Waals surface area contributed by atoms with Crippen LogP contribution in [0.2, 0.25) is 5.02 Å². The van der Waals surface area contributed by atoms with E-state index in [2.05, 4.69) is 6.07 Å². The highest BCUT2D eigenvalue weighted by Crippen LogP contribution is 2.29. The molecular weight excluding hydrogens is 220 g/mol. The van der Waals surface area contributed by atoms with E-state index in [9.17, 15) is 0 Å². The number of hydrogen-bond acceptors (Lipinski definition) is 2. The van der Waals surface area contributed by atoms with E-state index in [4.69, 9.17) is 16.9 Å². The van der Waals surface area contributed by atoms with Gasteiger partial charge in [-0.15, -0.1) is 0 Å². The Balaban J connectivity index is 2.35. The van der Waals surface area contributed by atoms with Gasteiger partial charge >= 0.3 is 0 Å². The van der Waals surface area contributed by atoms with Crippen molar-refractivity contribution in [2.24, 2.45) is 0 Å². The molecule has 0 aromatic heterocycles. The zero-order chi connectivity index (χ0) is 11.5. The lowest BCUT2D eigenvalue weighted by molar-refractivity contribution is 0.598. The first-order chi connectivity index (χ1) is 7.70. The minimum atomic E-state index is 0.0402. The summed E-state index contributed by atoms with van der Waals surface area (Å²) in [5, 5.41) is 9.80. The smallest absolute Gasteiger partial charge is 0.0972 e. The fraction of sp³-hybridized carbons (Fsp3) is 0.154. The van der Waals surface area contributed by atoms with Gasteiger partial charge in [0.1, 0.15) is 0 Å². The molecule has 0 aliphatic carbocycles. The van der Waals surface area contributed by atoms with Crippen molar-refractivity contribution >= 4 is 11.6 Å². The molecule has 2 rings (SSSR count). The Morgan fingerprint density at radius 3 is 2.62 bits per heavy atom. The average molecular weight is 231 g/mol. The first-order valence-corrected chi connectivity index (χ1v) is 5.36. The van der Waals surface area contributed by atoms with E-state index >= 15 is 0 Å². The SMILES string of the molecule is CN1C=CC(c2ccc(Cl)cc2)C(C#N)=C1. The Hall–Kier alpha value is -1.72. The quantitative estimate of drug-likeness (QED) is 0.740. The predicted molar refractivity (Wildman–Crippen MR) is 64.8 cm³/mol. The van der Waals surface area contributed by atoms with Crippen LogP contribution in [-0.4, -0.2) is 11.9 Å². The van der Waals surface area contributed by atoms with Crippen LogP contribution in [0.5, 0.6) is 0 Å². The molecule has 0 saturated carbocycles. The maximum atomic E-state index is 9.09. The summed E-state index contributed by atoms with van der Waals surface area (Å²) in [5.41, 5.74) is 1.83. The van der Waals surface area contributed by atoms with Gasteiger partial charge in [0.2, 0.25) is 0 Å². The van der Waals surface area contributed by atoms with E-state index in [0.29, 0.717) is 5.02 Å². The molecule has 0 bridgehead atoms. The molecule has 1 aliphatic heterocycles. The van der Waals surface area contributed by atoms with Crippen LogP contribution >= 0.6 is 11.6 Å². The van der Waals surface area contributed by atoms with Crippen molar-refractivity contribution in [3.05, 3.63) is 58.9 Å². The van der Waals surface area contributed by atoms with Crippen molar-refractivity contribution in [2.75, 3.05) is 7.05 Å². The van der Waals surface area contributed by atoms with Crippen LogP contribution in [0.1, 0.15) is 11.5 Å². The Morgan fingerprint density at radius 1 is 1.31 bits per heavy atom. The van der Waals surface area contributed by atoms with Gasteiger partial charge < -0.3 is 4.90 Å². The molecule has 0 spiro atoms. The summed E-state index contributed by atoms with van der Waals surface area (Å²) in [6.45, 7) is 0. The third-order valence-corrected chi connectivity index (χ3v) is 2.80. The van der Waals surface area contributed by atoms with Gasteiger partial charge in [0.15, 0.2) is 0 Å². The first kappa shape index (κ1) is 10.8. The van der Waals surface area contributed by atoms with Gasteiger partial charge in [0.25, 0.3) is 0 Å². The molecule has 1 aliphatic rings. The largest absolute Gasteiger partial charge is 0.357 e. The maximum absolute atomic E-state index is 9.09. The molecule has 0 radical (unpaired) electrons. The van der Waals surface area contributed by atoms with Gasteiger partial charge in [0, 0.05) is 30.4 Å². The van der Waals surface area contributed by atoms with Crippen molar-refractivity contribution in [1.82, 2.24) is 4.90 Å². The van der Waals surface area contributed by atoms with E-state index < -0.39 is 0 Å². The van der Waals surface area contributed by atoms with Crippen LogP contribution in [0.15, 0.2) is 48.3 Å². The zero-order valence-corrected chi connectivity index (χ0v) is 9.65. The molecule has 16 heavy (non-hydrogen) atoms.